The van der Waals surface area contributed by atoms with Gasteiger partial charge < -0.3 is 4.57 Å². The summed E-state index contributed by atoms with van der Waals surface area (Å²) in [7, 11) is 1.97. The van der Waals surface area contributed by atoms with Crippen LogP contribution in [0.25, 0.3) is 12.2 Å². The van der Waals surface area contributed by atoms with E-state index in [1.54, 1.807) is 12.4 Å². The van der Waals surface area contributed by atoms with Crippen LogP contribution < -0.4 is 0 Å². The quantitative estimate of drug-likeness (QED) is 0.714. The Morgan fingerprint density at radius 1 is 1.27 bits per heavy atom. The monoisotopic (exact) mass is 208 g/mol. The molecular weight excluding hydrogens is 184 g/mol. The first kappa shape index (κ1) is 16.1. The van der Waals surface area contributed by atoms with Gasteiger partial charge in [0.1, 0.15) is 0 Å². The summed E-state index contributed by atoms with van der Waals surface area (Å²) in [4.78, 5) is 4.15. The van der Waals surface area contributed by atoms with Gasteiger partial charge in [0.15, 0.2) is 0 Å². The first-order valence-corrected chi connectivity index (χ1v) is 5.56. The average molecular weight is 208 g/mol. The predicted octanol–water partition coefficient (Wildman–Crippen LogP) is 4.15. The zero-order chi connectivity index (χ0) is 12.3. The molecule has 0 fully saturated rings. The fourth-order valence-electron chi connectivity index (χ4n) is 0.976. The number of aryl methyl sites for hydroxylation is 1. The van der Waals surface area contributed by atoms with Crippen LogP contribution in [0.2, 0.25) is 0 Å². The van der Waals surface area contributed by atoms with Crippen LogP contribution in [-0.4, -0.2) is 9.55 Å². The van der Waals surface area contributed by atoms with Crippen LogP contribution in [0.1, 0.15) is 46.0 Å². The third-order valence-corrected chi connectivity index (χ3v) is 1.53. The van der Waals surface area contributed by atoms with Crippen molar-refractivity contribution in [2.24, 2.45) is 7.05 Å². The van der Waals surface area contributed by atoms with Gasteiger partial charge in [-0.15, -0.1) is 0 Å². The molecule has 0 atom stereocenters. The fourth-order valence-corrected chi connectivity index (χ4v) is 0.976. The number of aromatic nitrogens is 2. The Balaban J connectivity index is 0. The maximum atomic E-state index is 4.15. The normalized spacial score (nSPS) is 8.67. The number of hydrogen-bond acceptors (Lipinski definition) is 1. The summed E-state index contributed by atoms with van der Waals surface area (Å²) in [6.07, 6.45) is 7.55. The number of nitrogens with zero attached hydrogens (tertiary/aromatic N) is 2. The van der Waals surface area contributed by atoms with E-state index in [0.29, 0.717) is 0 Å². The molecule has 0 spiro atoms. The van der Waals surface area contributed by atoms with Gasteiger partial charge in [-0.05, 0) is 19.1 Å². The summed E-state index contributed by atoms with van der Waals surface area (Å²) >= 11 is 0. The minimum atomic E-state index is 0.936. The minimum absolute atomic E-state index is 0.936. The fraction of sp³-hybridized carbons (Fsp3) is 0.462. The van der Waals surface area contributed by atoms with Gasteiger partial charge >= 0.3 is 0 Å². The molecule has 0 radical (unpaired) electrons. The summed E-state index contributed by atoms with van der Waals surface area (Å²) in [5.41, 5.74) is 2.04. The second kappa shape index (κ2) is 10.8. The molecule has 0 aliphatic heterocycles. The van der Waals surface area contributed by atoms with E-state index < -0.39 is 0 Å². The van der Waals surface area contributed by atoms with Crippen LogP contribution in [0, 0.1) is 0 Å². The summed E-state index contributed by atoms with van der Waals surface area (Å²) in [5, 5.41) is 0. The van der Waals surface area contributed by atoms with E-state index in [0.717, 1.165) is 11.4 Å². The van der Waals surface area contributed by atoms with Crippen LogP contribution in [-0.2, 0) is 7.05 Å². The molecule has 0 bridgehead atoms. The van der Waals surface area contributed by atoms with Crippen LogP contribution in [0.5, 0.6) is 0 Å². The molecule has 1 aromatic heterocycles. The van der Waals surface area contributed by atoms with Crippen molar-refractivity contribution in [3.8, 4) is 0 Å². The Bertz CT molecular complexity index is 283. The van der Waals surface area contributed by atoms with Crippen molar-refractivity contribution in [2.45, 2.75) is 34.6 Å². The van der Waals surface area contributed by atoms with E-state index in [-0.39, 0.29) is 0 Å². The van der Waals surface area contributed by atoms with Crippen LogP contribution in [0.15, 0.2) is 19.0 Å². The van der Waals surface area contributed by atoms with E-state index in [1.165, 1.54) is 0 Å². The van der Waals surface area contributed by atoms with Crippen molar-refractivity contribution in [3.05, 3.63) is 30.4 Å². The summed E-state index contributed by atoms with van der Waals surface area (Å²) in [6.45, 7) is 13.7. The molecule has 0 unspecified atom stereocenters. The second-order valence-corrected chi connectivity index (χ2v) is 2.33. The highest BCUT2D eigenvalue weighted by Gasteiger charge is 1.99. The van der Waals surface area contributed by atoms with Crippen LogP contribution in [0.3, 0.4) is 0 Å². The third kappa shape index (κ3) is 5.21. The maximum absolute atomic E-state index is 4.15. The smallest absolute Gasteiger partial charge is 0.0955 e. The summed E-state index contributed by atoms with van der Waals surface area (Å²) in [5.74, 6) is 0. The van der Waals surface area contributed by atoms with Gasteiger partial charge in [0.05, 0.1) is 17.7 Å². The van der Waals surface area contributed by atoms with E-state index in [1.807, 2.05) is 58.4 Å². The summed E-state index contributed by atoms with van der Waals surface area (Å²) < 4.78 is 1.97. The van der Waals surface area contributed by atoms with Crippen molar-refractivity contribution in [3.63, 3.8) is 0 Å². The number of imidazole rings is 1. The summed E-state index contributed by atoms with van der Waals surface area (Å²) in [6, 6.07) is 0. The van der Waals surface area contributed by atoms with Gasteiger partial charge in [-0.3, -0.25) is 0 Å². The first-order chi connectivity index (χ1) is 7.29. The lowest BCUT2D eigenvalue weighted by Gasteiger charge is -1.94. The highest BCUT2D eigenvalue weighted by Crippen LogP contribution is 2.08. The zero-order valence-electron chi connectivity index (χ0n) is 10.9. The molecule has 0 aromatic carbocycles. The Kier molecular flexibility index (Phi) is 11.6. The molecule has 1 aromatic rings. The molecule has 0 N–H and O–H groups in total. The van der Waals surface area contributed by atoms with Gasteiger partial charge in [0.25, 0.3) is 0 Å². The molecule has 0 saturated carbocycles. The Hall–Kier alpha value is -1.31. The molecule has 2 heteroatoms. The molecular formula is C13H24N2. The molecule has 0 saturated heterocycles. The molecule has 1 rings (SSSR count). The SMILES string of the molecule is C=Cc1ncn(C)c1/C=C\C.CC.CC. The number of hydrogen-bond donors (Lipinski definition) is 0. The first-order valence-electron chi connectivity index (χ1n) is 5.56. The van der Waals surface area contributed by atoms with E-state index >= 15 is 0 Å². The lowest BCUT2D eigenvalue weighted by Crippen LogP contribution is -1.88. The van der Waals surface area contributed by atoms with Crippen molar-refractivity contribution >= 4 is 12.2 Å². The Labute approximate surface area is 94.4 Å². The standard InChI is InChI=1S/C9H12N2.2C2H6/c1-4-6-9-8(5-2)10-7-11(9)3;2*1-2/h4-7H,2H2,1,3H3;2*1-2H3/b6-4-;;. The van der Waals surface area contributed by atoms with E-state index in [2.05, 4.69) is 11.6 Å². The maximum Gasteiger partial charge on any atom is 0.0955 e. The van der Waals surface area contributed by atoms with Crippen molar-refractivity contribution in [2.75, 3.05) is 0 Å². The average Bonchev–Trinajstić information content (AvgIpc) is 2.66. The van der Waals surface area contributed by atoms with Gasteiger partial charge in [0, 0.05) is 7.05 Å². The minimum Gasteiger partial charge on any atom is -0.334 e. The van der Waals surface area contributed by atoms with Gasteiger partial charge in [-0.1, -0.05) is 40.3 Å². The molecule has 15 heavy (non-hydrogen) atoms. The lowest BCUT2D eigenvalue weighted by atomic mass is 10.3. The van der Waals surface area contributed by atoms with Gasteiger partial charge in [-0.2, -0.15) is 0 Å². The van der Waals surface area contributed by atoms with Crippen molar-refractivity contribution < 1.29 is 0 Å². The topological polar surface area (TPSA) is 17.8 Å². The number of allylic oxidation sites excluding steroid dienone is 1. The van der Waals surface area contributed by atoms with E-state index in [4.69, 9.17) is 0 Å². The lowest BCUT2D eigenvalue weighted by molar-refractivity contribution is 0.902. The molecule has 0 aliphatic rings. The van der Waals surface area contributed by atoms with Crippen molar-refractivity contribution in [1.82, 2.24) is 9.55 Å². The largest absolute Gasteiger partial charge is 0.334 e. The predicted molar refractivity (Wildman–Crippen MR) is 70.7 cm³/mol. The Morgan fingerprint density at radius 2 is 1.80 bits per heavy atom. The highest BCUT2D eigenvalue weighted by molar-refractivity contribution is 5.58. The van der Waals surface area contributed by atoms with E-state index in [9.17, 15) is 0 Å². The van der Waals surface area contributed by atoms with Crippen LogP contribution >= 0.6 is 0 Å². The highest BCUT2D eigenvalue weighted by atomic mass is 15.0. The third-order valence-electron chi connectivity index (χ3n) is 1.53. The molecule has 1 heterocycles. The molecule has 0 aliphatic carbocycles. The second-order valence-electron chi connectivity index (χ2n) is 2.33. The van der Waals surface area contributed by atoms with Crippen molar-refractivity contribution in [1.29, 1.82) is 0 Å². The number of rotatable bonds is 2. The molecule has 86 valence electrons. The Morgan fingerprint density at radius 3 is 2.20 bits per heavy atom. The van der Waals surface area contributed by atoms with Crippen LogP contribution in [0.4, 0.5) is 0 Å². The molecule has 2 nitrogen and oxygen atoms in total. The zero-order valence-corrected chi connectivity index (χ0v) is 10.9. The van der Waals surface area contributed by atoms with Gasteiger partial charge in [0.2, 0.25) is 0 Å². The van der Waals surface area contributed by atoms with Gasteiger partial charge in [-0.25, -0.2) is 4.98 Å². The molecule has 0 amide bonds.